The molecule has 0 spiro atoms. The summed E-state index contributed by atoms with van der Waals surface area (Å²) in [6.45, 7) is 11.1. The Morgan fingerprint density at radius 2 is 1.81 bits per heavy atom. The number of hydrogen-bond donors (Lipinski definition) is 1. The van der Waals surface area contributed by atoms with Crippen molar-refractivity contribution in [1.82, 2.24) is 9.62 Å². The molecular weight excluding hydrogens is 304 g/mol. The Morgan fingerprint density at radius 1 is 1.19 bits per heavy atom. The Morgan fingerprint density at radius 3 is 2.33 bits per heavy atom. The lowest BCUT2D eigenvalue weighted by atomic mass is 10.1. The van der Waals surface area contributed by atoms with E-state index in [-0.39, 0.29) is 6.04 Å². The summed E-state index contributed by atoms with van der Waals surface area (Å²) in [5.41, 5.74) is 0. The van der Waals surface area contributed by atoms with Crippen molar-refractivity contribution >= 4 is 21.4 Å². The third kappa shape index (κ3) is 5.06. The van der Waals surface area contributed by atoms with Crippen LogP contribution < -0.4 is 5.32 Å². The van der Waals surface area contributed by atoms with Crippen LogP contribution in [0.1, 0.15) is 39.5 Å². The maximum Gasteiger partial charge on any atom is 0.252 e. The molecule has 0 aliphatic carbocycles. The fourth-order valence-corrected chi connectivity index (χ4v) is 4.93. The van der Waals surface area contributed by atoms with Crippen LogP contribution in [0.4, 0.5) is 0 Å². The first kappa shape index (κ1) is 18.6. The summed E-state index contributed by atoms with van der Waals surface area (Å²) in [6.07, 6.45) is 0.863. The lowest BCUT2D eigenvalue weighted by molar-refractivity contribution is 0.316. The third-order valence-electron chi connectivity index (χ3n) is 3.73. The number of sulfonamides is 1. The van der Waals surface area contributed by atoms with E-state index in [1.54, 1.807) is 13.1 Å². The Labute approximate surface area is 133 Å². The molecule has 0 aromatic carbocycles. The van der Waals surface area contributed by atoms with Gasteiger partial charge in [-0.05, 0) is 31.4 Å². The first-order valence-corrected chi connectivity index (χ1v) is 9.72. The molecule has 6 heteroatoms. The first-order valence-electron chi connectivity index (χ1n) is 7.46. The highest BCUT2D eigenvalue weighted by molar-refractivity contribution is 7.91. The van der Waals surface area contributed by atoms with Gasteiger partial charge in [0.05, 0.1) is 0 Å². The van der Waals surface area contributed by atoms with E-state index >= 15 is 0 Å². The molecule has 0 fully saturated rings. The molecular formula is C15H28N2O2S2. The molecule has 1 unspecified atom stereocenters. The predicted octanol–water partition coefficient (Wildman–Crippen LogP) is 2.95. The van der Waals surface area contributed by atoms with E-state index in [9.17, 15) is 8.42 Å². The quantitative estimate of drug-likeness (QED) is 0.796. The first-order chi connectivity index (χ1) is 9.66. The summed E-state index contributed by atoms with van der Waals surface area (Å²) >= 11 is 1.38. The zero-order valence-corrected chi connectivity index (χ0v) is 15.5. The minimum Gasteiger partial charge on any atom is -0.314 e. The molecule has 122 valence electrons. The third-order valence-corrected chi connectivity index (χ3v) is 7.29. The van der Waals surface area contributed by atoms with Gasteiger partial charge < -0.3 is 5.32 Å². The fraction of sp³-hybridized carbons (Fsp3) is 0.733. The summed E-state index contributed by atoms with van der Waals surface area (Å²) < 4.78 is 27.1. The average Bonchev–Trinajstić information content (AvgIpc) is 2.85. The van der Waals surface area contributed by atoms with Crippen molar-refractivity contribution in [2.75, 3.05) is 13.6 Å². The minimum absolute atomic E-state index is 0.0110. The highest BCUT2D eigenvalue weighted by atomic mass is 32.2. The van der Waals surface area contributed by atoms with E-state index in [1.165, 1.54) is 15.6 Å². The van der Waals surface area contributed by atoms with Gasteiger partial charge in [-0.1, -0.05) is 27.7 Å². The highest BCUT2D eigenvalue weighted by Crippen LogP contribution is 2.26. The van der Waals surface area contributed by atoms with Crippen LogP contribution in [0.2, 0.25) is 0 Å². The smallest absolute Gasteiger partial charge is 0.252 e. The molecule has 21 heavy (non-hydrogen) atoms. The van der Waals surface area contributed by atoms with Gasteiger partial charge in [-0.3, -0.25) is 0 Å². The van der Waals surface area contributed by atoms with Gasteiger partial charge in [0.25, 0.3) is 10.0 Å². The lowest BCUT2D eigenvalue weighted by Crippen LogP contribution is -2.37. The normalized spacial score (nSPS) is 14.3. The molecule has 0 amide bonds. The van der Waals surface area contributed by atoms with E-state index in [0.717, 1.165) is 17.8 Å². The molecule has 0 saturated carbocycles. The number of rotatable bonds is 8. The van der Waals surface area contributed by atoms with Crippen molar-refractivity contribution in [2.24, 2.45) is 5.92 Å². The molecule has 1 atom stereocenters. The molecule has 0 aliphatic rings. The van der Waals surface area contributed by atoms with E-state index in [2.05, 4.69) is 19.2 Å². The van der Waals surface area contributed by atoms with Crippen LogP contribution in [0.5, 0.6) is 0 Å². The van der Waals surface area contributed by atoms with Gasteiger partial charge in [-0.2, -0.15) is 4.31 Å². The number of nitrogens with one attached hydrogen (secondary N) is 1. The Hall–Kier alpha value is -0.430. The second-order valence-electron chi connectivity index (χ2n) is 6.09. The molecule has 1 rings (SSSR count). The van der Waals surface area contributed by atoms with Crippen molar-refractivity contribution < 1.29 is 8.42 Å². The van der Waals surface area contributed by atoms with E-state index < -0.39 is 10.0 Å². The van der Waals surface area contributed by atoms with Gasteiger partial charge in [-0.15, -0.1) is 11.3 Å². The molecule has 0 saturated heterocycles. The number of thiophene rings is 1. The SMILES string of the molecule is CC(C)NCCc1ccc(S(=O)(=O)N(C)C(C)C(C)C)s1. The van der Waals surface area contributed by atoms with Crippen LogP contribution in [0.25, 0.3) is 0 Å². The molecule has 1 heterocycles. The van der Waals surface area contributed by atoms with Gasteiger partial charge in [0.1, 0.15) is 4.21 Å². The fourth-order valence-electron chi connectivity index (χ4n) is 1.90. The van der Waals surface area contributed by atoms with Crippen molar-refractivity contribution in [3.8, 4) is 0 Å². The van der Waals surface area contributed by atoms with Crippen LogP contribution >= 0.6 is 11.3 Å². The number of hydrogen-bond acceptors (Lipinski definition) is 4. The summed E-state index contributed by atoms with van der Waals surface area (Å²) in [6, 6.07) is 4.09. The Balaban J connectivity index is 2.79. The van der Waals surface area contributed by atoms with Crippen molar-refractivity contribution in [2.45, 2.75) is 57.3 Å². The standard InChI is InChI=1S/C15H28N2O2S2/c1-11(2)13(5)17(6)21(18,19)15-8-7-14(20-15)9-10-16-12(3)4/h7-8,11-13,16H,9-10H2,1-6H3. The molecule has 0 aliphatic heterocycles. The monoisotopic (exact) mass is 332 g/mol. The van der Waals surface area contributed by atoms with Crippen molar-refractivity contribution in [1.29, 1.82) is 0 Å². The van der Waals surface area contributed by atoms with Crippen LogP contribution in [0, 0.1) is 5.92 Å². The van der Waals surface area contributed by atoms with Crippen LogP contribution in [-0.4, -0.2) is 38.4 Å². The summed E-state index contributed by atoms with van der Waals surface area (Å²) in [5.74, 6) is 0.291. The lowest BCUT2D eigenvalue weighted by Gasteiger charge is -2.26. The topological polar surface area (TPSA) is 49.4 Å². The predicted molar refractivity (Wildman–Crippen MR) is 90.4 cm³/mol. The summed E-state index contributed by atoms with van der Waals surface area (Å²) in [7, 11) is -1.71. The minimum atomic E-state index is -3.37. The van der Waals surface area contributed by atoms with Gasteiger partial charge in [0.15, 0.2) is 0 Å². The maximum atomic E-state index is 12.6. The Kier molecular flexibility index (Phi) is 6.84. The van der Waals surface area contributed by atoms with Gasteiger partial charge in [0, 0.05) is 30.6 Å². The van der Waals surface area contributed by atoms with Gasteiger partial charge in [-0.25, -0.2) is 8.42 Å². The summed E-state index contributed by atoms with van der Waals surface area (Å²) in [4.78, 5) is 1.10. The average molecular weight is 333 g/mol. The molecule has 4 nitrogen and oxygen atoms in total. The summed E-state index contributed by atoms with van der Waals surface area (Å²) in [5, 5.41) is 3.34. The second-order valence-corrected chi connectivity index (χ2v) is 9.48. The highest BCUT2D eigenvalue weighted by Gasteiger charge is 2.28. The van der Waals surface area contributed by atoms with E-state index in [1.807, 2.05) is 26.8 Å². The van der Waals surface area contributed by atoms with Gasteiger partial charge in [0.2, 0.25) is 0 Å². The zero-order chi connectivity index (χ0) is 16.2. The van der Waals surface area contributed by atoms with Gasteiger partial charge >= 0.3 is 0 Å². The van der Waals surface area contributed by atoms with E-state index in [0.29, 0.717) is 16.2 Å². The van der Waals surface area contributed by atoms with Crippen molar-refractivity contribution in [3.63, 3.8) is 0 Å². The maximum absolute atomic E-state index is 12.6. The molecule has 0 bridgehead atoms. The molecule has 1 aromatic rings. The van der Waals surface area contributed by atoms with Crippen LogP contribution in [0.15, 0.2) is 16.3 Å². The largest absolute Gasteiger partial charge is 0.314 e. The number of nitrogens with zero attached hydrogens (tertiary/aromatic N) is 1. The van der Waals surface area contributed by atoms with Crippen LogP contribution in [-0.2, 0) is 16.4 Å². The van der Waals surface area contributed by atoms with Crippen LogP contribution in [0.3, 0.4) is 0 Å². The van der Waals surface area contributed by atoms with Crippen molar-refractivity contribution in [3.05, 3.63) is 17.0 Å². The molecule has 1 aromatic heterocycles. The molecule has 1 N–H and O–H groups in total. The molecule has 0 radical (unpaired) electrons. The second kappa shape index (κ2) is 7.72. The zero-order valence-electron chi connectivity index (χ0n) is 13.9. The Bertz CT molecular complexity index is 536. The van der Waals surface area contributed by atoms with E-state index in [4.69, 9.17) is 0 Å².